The molecular formula is C20H38O3. The molecule has 0 bridgehead atoms. The predicted molar refractivity (Wildman–Crippen MR) is 94.8 cm³/mol. The number of unbranched alkanes of at least 4 members (excludes halogenated alkanes) is 6. The Morgan fingerprint density at radius 3 is 1.43 bits per heavy atom. The second kappa shape index (κ2) is 11.4. The summed E-state index contributed by atoms with van der Waals surface area (Å²) in [6.07, 6.45) is 13.9. The van der Waals surface area contributed by atoms with E-state index in [-0.39, 0.29) is 0 Å². The van der Waals surface area contributed by atoms with Gasteiger partial charge in [0.1, 0.15) is 0 Å². The Bertz CT molecular complexity index is 259. The smallest absolute Gasteiger partial charge is 0.0651 e. The normalized spacial score (nSPS) is 21.7. The van der Waals surface area contributed by atoms with Crippen LogP contribution in [-0.2, 0) is 14.2 Å². The van der Waals surface area contributed by atoms with Crippen molar-refractivity contribution in [3.63, 3.8) is 0 Å². The summed E-state index contributed by atoms with van der Waals surface area (Å²) in [6, 6.07) is 0. The van der Waals surface area contributed by atoms with Crippen molar-refractivity contribution in [1.29, 1.82) is 0 Å². The van der Waals surface area contributed by atoms with Crippen molar-refractivity contribution in [1.82, 2.24) is 0 Å². The average molecular weight is 327 g/mol. The van der Waals surface area contributed by atoms with Gasteiger partial charge in [0.2, 0.25) is 0 Å². The molecule has 0 saturated carbocycles. The van der Waals surface area contributed by atoms with Crippen LogP contribution in [0.5, 0.6) is 0 Å². The van der Waals surface area contributed by atoms with Gasteiger partial charge in [-0.2, -0.15) is 0 Å². The lowest BCUT2D eigenvalue weighted by Crippen LogP contribution is -2.46. The second-order valence-corrected chi connectivity index (χ2v) is 7.51. The van der Waals surface area contributed by atoms with Gasteiger partial charge in [0, 0.05) is 11.8 Å². The topological polar surface area (TPSA) is 27.7 Å². The molecule has 2 atom stereocenters. The van der Waals surface area contributed by atoms with E-state index in [4.69, 9.17) is 14.2 Å². The zero-order valence-electron chi connectivity index (χ0n) is 15.4. The molecule has 2 fully saturated rings. The van der Waals surface area contributed by atoms with E-state index in [2.05, 4.69) is 13.8 Å². The predicted octanol–water partition coefficient (Wildman–Crippen LogP) is 4.97. The highest BCUT2D eigenvalue weighted by molar-refractivity contribution is 4.82. The van der Waals surface area contributed by atoms with Crippen molar-refractivity contribution in [2.24, 2.45) is 11.8 Å². The first-order chi connectivity index (χ1) is 11.3. The SMILES string of the molecule is CCCCCCC(OC(CCCCCC)C1COC1)C1COC1. The fourth-order valence-electron chi connectivity index (χ4n) is 3.54. The van der Waals surface area contributed by atoms with Gasteiger partial charge in [-0.05, 0) is 12.8 Å². The van der Waals surface area contributed by atoms with E-state index < -0.39 is 0 Å². The van der Waals surface area contributed by atoms with Gasteiger partial charge in [-0.15, -0.1) is 0 Å². The van der Waals surface area contributed by atoms with Crippen LogP contribution in [0.15, 0.2) is 0 Å². The van der Waals surface area contributed by atoms with Crippen LogP contribution >= 0.6 is 0 Å². The summed E-state index contributed by atoms with van der Waals surface area (Å²) in [4.78, 5) is 0. The molecule has 3 heteroatoms. The molecule has 0 spiro atoms. The Balaban J connectivity index is 1.76. The van der Waals surface area contributed by atoms with E-state index >= 15 is 0 Å². The van der Waals surface area contributed by atoms with Crippen LogP contribution in [0.1, 0.15) is 78.1 Å². The van der Waals surface area contributed by atoms with Gasteiger partial charge in [-0.1, -0.05) is 65.2 Å². The summed E-state index contributed by atoms with van der Waals surface area (Å²) in [5, 5.41) is 0. The lowest BCUT2D eigenvalue weighted by atomic mass is 9.92. The fraction of sp³-hybridized carbons (Fsp3) is 1.00. The van der Waals surface area contributed by atoms with E-state index in [1.165, 1.54) is 64.2 Å². The van der Waals surface area contributed by atoms with E-state index in [1.54, 1.807) is 0 Å². The Hall–Kier alpha value is -0.120. The highest BCUT2D eigenvalue weighted by Gasteiger charge is 2.35. The summed E-state index contributed by atoms with van der Waals surface area (Å²) in [7, 11) is 0. The lowest BCUT2D eigenvalue weighted by Gasteiger charge is -2.40. The minimum Gasteiger partial charge on any atom is -0.380 e. The molecule has 2 rings (SSSR count). The maximum Gasteiger partial charge on any atom is 0.0651 e. The zero-order valence-corrected chi connectivity index (χ0v) is 15.4. The first kappa shape index (κ1) is 19.2. The van der Waals surface area contributed by atoms with Crippen LogP contribution < -0.4 is 0 Å². The van der Waals surface area contributed by atoms with Gasteiger partial charge >= 0.3 is 0 Å². The maximum absolute atomic E-state index is 6.66. The van der Waals surface area contributed by atoms with Crippen molar-refractivity contribution in [2.45, 2.75) is 90.3 Å². The number of ether oxygens (including phenoxy) is 3. The molecule has 2 heterocycles. The standard InChI is InChI=1S/C20H38O3/c1-3-5-7-9-11-19(17-13-21-14-17)23-20(18-15-22-16-18)12-10-8-6-4-2/h17-20H,3-16H2,1-2H3. The van der Waals surface area contributed by atoms with Crippen molar-refractivity contribution >= 4 is 0 Å². The second-order valence-electron chi connectivity index (χ2n) is 7.51. The number of rotatable bonds is 14. The van der Waals surface area contributed by atoms with Crippen molar-refractivity contribution in [3.8, 4) is 0 Å². The first-order valence-corrected chi connectivity index (χ1v) is 10.2. The third kappa shape index (κ3) is 6.72. The molecular weight excluding hydrogens is 288 g/mol. The van der Waals surface area contributed by atoms with E-state index in [0.29, 0.717) is 24.0 Å². The molecule has 0 N–H and O–H groups in total. The molecule has 2 unspecified atom stereocenters. The van der Waals surface area contributed by atoms with Gasteiger partial charge < -0.3 is 14.2 Å². The van der Waals surface area contributed by atoms with Gasteiger partial charge in [0.25, 0.3) is 0 Å². The van der Waals surface area contributed by atoms with Crippen molar-refractivity contribution < 1.29 is 14.2 Å². The van der Waals surface area contributed by atoms with Crippen LogP contribution in [0.2, 0.25) is 0 Å². The summed E-state index contributed by atoms with van der Waals surface area (Å²) in [6.45, 7) is 8.17. The zero-order chi connectivity index (χ0) is 16.3. The minimum absolute atomic E-state index is 0.414. The molecule has 0 aromatic heterocycles. The maximum atomic E-state index is 6.66. The molecule has 2 saturated heterocycles. The Kier molecular flexibility index (Phi) is 9.55. The molecule has 2 aliphatic rings. The van der Waals surface area contributed by atoms with Crippen molar-refractivity contribution in [2.75, 3.05) is 26.4 Å². The molecule has 23 heavy (non-hydrogen) atoms. The van der Waals surface area contributed by atoms with Gasteiger partial charge in [0.05, 0.1) is 38.6 Å². The molecule has 0 radical (unpaired) electrons. The minimum atomic E-state index is 0.414. The van der Waals surface area contributed by atoms with E-state index in [0.717, 1.165) is 26.4 Å². The molecule has 3 nitrogen and oxygen atoms in total. The largest absolute Gasteiger partial charge is 0.380 e. The lowest BCUT2D eigenvalue weighted by molar-refractivity contribution is -0.179. The summed E-state index contributed by atoms with van der Waals surface area (Å²) in [5.74, 6) is 1.27. The Labute approximate surface area is 143 Å². The van der Waals surface area contributed by atoms with Crippen LogP contribution in [0.3, 0.4) is 0 Å². The first-order valence-electron chi connectivity index (χ1n) is 10.2. The summed E-state index contributed by atoms with van der Waals surface area (Å²) in [5.41, 5.74) is 0. The van der Waals surface area contributed by atoms with Gasteiger partial charge in [0.15, 0.2) is 0 Å². The Morgan fingerprint density at radius 2 is 1.13 bits per heavy atom. The Morgan fingerprint density at radius 1 is 0.696 bits per heavy atom. The molecule has 0 aromatic carbocycles. The quantitative estimate of drug-likeness (QED) is 0.422. The molecule has 2 aliphatic heterocycles. The summed E-state index contributed by atoms with van der Waals surface area (Å²) < 4.78 is 17.5. The highest BCUT2D eigenvalue weighted by Crippen LogP contribution is 2.29. The third-order valence-electron chi connectivity index (χ3n) is 5.41. The van der Waals surface area contributed by atoms with Crippen LogP contribution in [0.25, 0.3) is 0 Å². The highest BCUT2D eigenvalue weighted by atomic mass is 16.5. The van der Waals surface area contributed by atoms with Crippen LogP contribution in [0.4, 0.5) is 0 Å². The van der Waals surface area contributed by atoms with Crippen LogP contribution in [-0.4, -0.2) is 38.6 Å². The molecule has 0 aromatic rings. The third-order valence-corrected chi connectivity index (χ3v) is 5.41. The average Bonchev–Trinajstić information content (AvgIpc) is 2.44. The van der Waals surface area contributed by atoms with Gasteiger partial charge in [-0.3, -0.25) is 0 Å². The van der Waals surface area contributed by atoms with Crippen LogP contribution in [0, 0.1) is 11.8 Å². The van der Waals surface area contributed by atoms with Crippen molar-refractivity contribution in [3.05, 3.63) is 0 Å². The summed E-state index contributed by atoms with van der Waals surface area (Å²) >= 11 is 0. The number of hydrogen-bond acceptors (Lipinski definition) is 3. The van der Waals surface area contributed by atoms with E-state index in [9.17, 15) is 0 Å². The number of hydrogen-bond donors (Lipinski definition) is 0. The molecule has 0 aliphatic carbocycles. The molecule has 136 valence electrons. The monoisotopic (exact) mass is 326 g/mol. The fourth-order valence-corrected chi connectivity index (χ4v) is 3.54. The van der Waals surface area contributed by atoms with Gasteiger partial charge in [-0.25, -0.2) is 0 Å². The molecule has 0 amide bonds. The van der Waals surface area contributed by atoms with E-state index in [1.807, 2.05) is 0 Å².